The van der Waals surface area contributed by atoms with Gasteiger partial charge in [0.15, 0.2) is 0 Å². The van der Waals surface area contributed by atoms with E-state index < -0.39 is 0 Å². The highest BCUT2D eigenvalue weighted by atomic mass is 127. The molecule has 0 radical (unpaired) electrons. The lowest BCUT2D eigenvalue weighted by atomic mass is 10.2. The fraction of sp³-hybridized carbons (Fsp3) is 0.143. The molecule has 4 heteroatoms. The Morgan fingerprint density at radius 1 is 1.11 bits per heavy atom. The molecule has 0 fully saturated rings. The highest BCUT2D eigenvalue weighted by molar-refractivity contribution is 14.1. The average molecular weight is 375 g/mol. The first-order chi connectivity index (χ1) is 8.70. The van der Waals surface area contributed by atoms with E-state index in [2.05, 4.69) is 22.6 Å². The van der Waals surface area contributed by atoms with E-state index in [4.69, 9.17) is 16.3 Å². The van der Waals surface area contributed by atoms with E-state index in [1.54, 1.807) is 18.2 Å². The summed E-state index contributed by atoms with van der Waals surface area (Å²) in [5.74, 6) is 0.556. The van der Waals surface area contributed by atoms with E-state index in [9.17, 15) is 5.11 Å². The standard InChI is InChI=1S/C14H12ClIO2/c15-13-3-1-2-11(8-17)14(13)18-9-10-4-6-12(16)7-5-10/h1-7,17H,8-9H2. The van der Waals surface area contributed by atoms with Crippen molar-refractivity contribution in [1.82, 2.24) is 0 Å². The molecule has 2 aromatic carbocycles. The first-order valence-electron chi connectivity index (χ1n) is 5.46. The van der Waals surface area contributed by atoms with Crippen LogP contribution in [0.4, 0.5) is 0 Å². The maximum Gasteiger partial charge on any atom is 0.143 e. The van der Waals surface area contributed by atoms with Gasteiger partial charge in [-0.3, -0.25) is 0 Å². The summed E-state index contributed by atoms with van der Waals surface area (Å²) in [6.07, 6.45) is 0. The third kappa shape index (κ3) is 3.37. The van der Waals surface area contributed by atoms with Crippen LogP contribution in [-0.2, 0) is 13.2 Å². The zero-order valence-electron chi connectivity index (χ0n) is 9.57. The normalized spacial score (nSPS) is 10.4. The molecule has 0 unspecified atom stereocenters. The minimum Gasteiger partial charge on any atom is -0.487 e. The Hall–Kier alpha value is -0.780. The van der Waals surface area contributed by atoms with Gasteiger partial charge in [0.1, 0.15) is 12.4 Å². The van der Waals surface area contributed by atoms with Crippen LogP contribution >= 0.6 is 34.2 Å². The Labute approximate surface area is 125 Å². The van der Waals surface area contributed by atoms with Crippen molar-refractivity contribution in [2.24, 2.45) is 0 Å². The molecule has 0 aliphatic carbocycles. The molecule has 0 atom stereocenters. The molecule has 1 N–H and O–H groups in total. The zero-order valence-corrected chi connectivity index (χ0v) is 12.5. The summed E-state index contributed by atoms with van der Waals surface area (Å²) in [6.45, 7) is 0.357. The second kappa shape index (κ2) is 6.41. The van der Waals surface area contributed by atoms with Crippen LogP contribution in [0.5, 0.6) is 5.75 Å². The van der Waals surface area contributed by atoms with Crippen molar-refractivity contribution in [2.75, 3.05) is 0 Å². The molecule has 0 amide bonds. The number of hydrogen-bond acceptors (Lipinski definition) is 2. The molecule has 0 heterocycles. The first kappa shape index (κ1) is 13.6. The van der Waals surface area contributed by atoms with Crippen LogP contribution in [0.1, 0.15) is 11.1 Å². The van der Waals surface area contributed by atoms with Gasteiger partial charge in [0.05, 0.1) is 11.6 Å². The van der Waals surface area contributed by atoms with Crippen LogP contribution in [0.3, 0.4) is 0 Å². The number of halogens is 2. The number of hydrogen-bond donors (Lipinski definition) is 1. The van der Waals surface area contributed by atoms with E-state index in [1.165, 1.54) is 3.57 Å². The number of aliphatic hydroxyl groups excluding tert-OH is 1. The molecule has 0 saturated carbocycles. The molecule has 2 nitrogen and oxygen atoms in total. The Morgan fingerprint density at radius 3 is 2.50 bits per heavy atom. The third-order valence-electron chi connectivity index (χ3n) is 2.52. The quantitative estimate of drug-likeness (QED) is 0.819. The van der Waals surface area contributed by atoms with Crippen molar-refractivity contribution < 1.29 is 9.84 Å². The maximum absolute atomic E-state index is 9.24. The number of aliphatic hydroxyl groups is 1. The lowest BCUT2D eigenvalue weighted by Gasteiger charge is -2.11. The molecule has 0 aliphatic rings. The van der Waals surface area contributed by atoms with E-state index in [-0.39, 0.29) is 6.61 Å². The Morgan fingerprint density at radius 2 is 1.83 bits per heavy atom. The van der Waals surface area contributed by atoms with Crippen molar-refractivity contribution in [2.45, 2.75) is 13.2 Å². The van der Waals surface area contributed by atoms with E-state index in [0.29, 0.717) is 22.9 Å². The SMILES string of the molecule is OCc1cccc(Cl)c1OCc1ccc(I)cc1. The van der Waals surface area contributed by atoms with Crippen molar-refractivity contribution in [3.05, 3.63) is 62.2 Å². The minimum atomic E-state index is -0.0808. The van der Waals surface area contributed by atoms with Crippen LogP contribution in [0, 0.1) is 3.57 Å². The van der Waals surface area contributed by atoms with Crippen LogP contribution in [0.2, 0.25) is 5.02 Å². The van der Waals surface area contributed by atoms with Crippen LogP contribution < -0.4 is 4.74 Å². The van der Waals surface area contributed by atoms with Crippen LogP contribution in [0.25, 0.3) is 0 Å². The fourth-order valence-corrected chi connectivity index (χ4v) is 2.18. The highest BCUT2D eigenvalue weighted by Gasteiger charge is 2.07. The van der Waals surface area contributed by atoms with E-state index in [1.807, 2.05) is 24.3 Å². The summed E-state index contributed by atoms with van der Waals surface area (Å²) < 4.78 is 6.88. The maximum atomic E-state index is 9.24. The van der Waals surface area contributed by atoms with Crippen molar-refractivity contribution in [1.29, 1.82) is 0 Å². The molecule has 0 bridgehead atoms. The van der Waals surface area contributed by atoms with Crippen molar-refractivity contribution in [3.63, 3.8) is 0 Å². The van der Waals surface area contributed by atoms with Gasteiger partial charge in [-0.2, -0.15) is 0 Å². The summed E-state index contributed by atoms with van der Waals surface area (Å²) in [4.78, 5) is 0. The number of ether oxygens (including phenoxy) is 1. The number of para-hydroxylation sites is 1. The summed E-state index contributed by atoms with van der Waals surface area (Å²) in [5, 5.41) is 9.76. The molecule has 0 spiro atoms. The fourth-order valence-electron chi connectivity index (χ4n) is 1.58. The van der Waals surface area contributed by atoms with Gasteiger partial charge in [-0.05, 0) is 46.4 Å². The second-order valence-electron chi connectivity index (χ2n) is 3.80. The summed E-state index contributed by atoms with van der Waals surface area (Å²) in [5.41, 5.74) is 1.77. The molecular formula is C14H12ClIO2. The van der Waals surface area contributed by atoms with Crippen molar-refractivity contribution >= 4 is 34.2 Å². The van der Waals surface area contributed by atoms with E-state index >= 15 is 0 Å². The second-order valence-corrected chi connectivity index (χ2v) is 5.45. The molecule has 2 rings (SSSR count). The van der Waals surface area contributed by atoms with E-state index in [0.717, 1.165) is 5.56 Å². The molecule has 18 heavy (non-hydrogen) atoms. The van der Waals surface area contributed by atoms with Gasteiger partial charge in [-0.1, -0.05) is 35.9 Å². The Bertz CT molecular complexity index is 526. The lowest BCUT2D eigenvalue weighted by molar-refractivity contribution is 0.259. The van der Waals surface area contributed by atoms with Gasteiger partial charge in [-0.25, -0.2) is 0 Å². The average Bonchev–Trinajstić information content (AvgIpc) is 2.39. The molecule has 0 aromatic heterocycles. The summed E-state index contributed by atoms with van der Waals surface area (Å²) >= 11 is 8.32. The van der Waals surface area contributed by atoms with Gasteiger partial charge in [0, 0.05) is 9.13 Å². The van der Waals surface area contributed by atoms with Crippen LogP contribution in [-0.4, -0.2) is 5.11 Å². The van der Waals surface area contributed by atoms with Gasteiger partial charge >= 0.3 is 0 Å². The van der Waals surface area contributed by atoms with Crippen molar-refractivity contribution in [3.8, 4) is 5.75 Å². The monoisotopic (exact) mass is 374 g/mol. The molecule has 0 saturated heterocycles. The smallest absolute Gasteiger partial charge is 0.143 e. The lowest BCUT2D eigenvalue weighted by Crippen LogP contribution is -1.99. The predicted octanol–water partition coefficient (Wildman–Crippen LogP) is 4.02. The minimum absolute atomic E-state index is 0.0808. The van der Waals surface area contributed by atoms with Gasteiger partial charge in [0.2, 0.25) is 0 Å². The van der Waals surface area contributed by atoms with Gasteiger partial charge in [-0.15, -0.1) is 0 Å². The largest absolute Gasteiger partial charge is 0.487 e. The molecule has 0 aliphatic heterocycles. The zero-order chi connectivity index (χ0) is 13.0. The predicted molar refractivity (Wildman–Crippen MR) is 80.9 cm³/mol. The molecule has 94 valence electrons. The third-order valence-corrected chi connectivity index (χ3v) is 3.53. The summed E-state index contributed by atoms with van der Waals surface area (Å²) in [7, 11) is 0. The molecular weight excluding hydrogens is 363 g/mol. The first-order valence-corrected chi connectivity index (χ1v) is 6.92. The summed E-state index contributed by atoms with van der Waals surface area (Å²) in [6, 6.07) is 13.4. The topological polar surface area (TPSA) is 29.5 Å². The Balaban J connectivity index is 2.12. The van der Waals surface area contributed by atoms with Gasteiger partial charge in [0.25, 0.3) is 0 Å². The highest BCUT2D eigenvalue weighted by Crippen LogP contribution is 2.29. The number of benzene rings is 2. The van der Waals surface area contributed by atoms with Crippen LogP contribution in [0.15, 0.2) is 42.5 Å². The Kier molecular flexibility index (Phi) is 4.86. The number of rotatable bonds is 4. The van der Waals surface area contributed by atoms with Gasteiger partial charge < -0.3 is 9.84 Å². The molecule has 2 aromatic rings.